The standard InChI is InChI=1S/C16H21F3N4O4S2.C2HF3O2/c1-22-11(8-13(20-22)16(17,18)19)12-5-6-15(28-12)29(26,27)21-10(7-14(24)25)9-23(2,3)4;3-2(4,5)1(6)7/h5-6,8,10,21H,7,9H2,1-4H3;(H,6,7). The van der Waals surface area contributed by atoms with Gasteiger partial charge in [-0.3, -0.25) is 9.48 Å². The van der Waals surface area contributed by atoms with E-state index in [0.29, 0.717) is 4.48 Å². The van der Waals surface area contributed by atoms with E-state index in [0.717, 1.165) is 22.1 Å². The van der Waals surface area contributed by atoms with Crippen LogP contribution in [-0.4, -0.2) is 79.6 Å². The lowest BCUT2D eigenvalue weighted by molar-refractivity contribution is -0.871. The maximum atomic E-state index is 12.8. The number of hydrogen-bond acceptors (Lipinski definition) is 7. The summed E-state index contributed by atoms with van der Waals surface area (Å²) in [5.74, 6) is -4.15. The first-order valence-electron chi connectivity index (χ1n) is 9.57. The van der Waals surface area contributed by atoms with Gasteiger partial charge in [-0.15, -0.1) is 11.3 Å². The monoisotopic (exact) mass is 568 g/mol. The quantitative estimate of drug-likeness (QED) is 0.361. The fourth-order valence-electron chi connectivity index (χ4n) is 2.73. The van der Waals surface area contributed by atoms with Crippen molar-refractivity contribution in [2.75, 3.05) is 27.7 Å². The van der Waals surface area contributed by atoms with Gasteiger partial charge in [0.05, 0.1) is 50.7 Å². The Morgan fingerprint density at radius 3 is 2.11 bits per heavy atom. The van der Waals surface area contributed by atoms with Crippen molar-refractivity contribution in [2.45, 2.75) is 29.0 Å². The molecule has 1 atom stereocenters. The number of likely N-dealkylation sites (N-methyl/N-ethyl adjacent to an activating group) is 1. The van der Waals surface area contributed by atoms with Crippen molar-refractivity contribution < 1.29 is 59.0 Å². The molecular formula is C18H22F6N4O6S2. The second-order valence-electron chi connectivity index (χ2n) is 8.33. The van der Waals surface area contributed by atoms with E-state index in [9.17, 15) is 39.6 Å². The minimum atomic E-state index is -5.19. The molecular weight excluding hydrogens is 546 g/mol. The van der Waals surface area contributed by atoms with Crippen molar-refractivity contribution in [1.29, 1.82) is 0 Å². The maximum absolute atomic E-state index is 12.8. The lowest BCUT2D eigenvalue weighted by Gasteiger charge is -2.28. The fraction of sp³-hybridized carbons (Fsp3) is 0.500. The van der Waals surface area contributed by atoms with E-state index in [-0.39, 0.29) is 21.3 Å². The molecule has 2 aromatic heterocycles. The number of carboxylic acid groups (broad SMARTS) is 2. The lowest BCUT2D eigenvalue weighted by atomic mass is 10.2. The molecule has 0 spiro atoms. The van der Waals surface area contributed by atoms with Gasteiger partial charge >= 0.3 is 18.3 Å². The number of aromatic nitrogens is 2. The number of carboxylic acids is 2. The van der Waals surface area contributed by atoms with Crippen LogP contribution in [0.25, 0.3) is 10.6 Å². The molecule has 0 aliphatic rings. The molecule has 18 heteroatoms. The van der Waals surface area contributed by atoms with Crippen molar-refractivity contribution in [3.05, 3.63) is 23.9 Å². The first kappa shape index (κ1) is 31.3. The van der Waals surface area contributed by atoms with Crippen molar-refractivity contribution in [1.82, 2.24) is 14.5 Å². The second kappa shape index (κ2) is 11.1. The minimum absolute atomic E-state index is 0.122. The third-order valence-electron chi connectivity index (χ3n) is 4.01. The lowest BCUT2D eigenvalue weighted by Crippen LogP contribution is -2.49. The number of rotatable bonds is 8. The van der Waals surface area contributed by atoms with E-state index >= 15 is 0 Å². The molecule has 2 heterocycles. The maximum Gasteiger partial charge on any atom is 0.435 e. The highest BCUT2D eigenvalue weighted by Gasteiger charge is 2.35. The Morgan fingerprint density at radius 1 is 1.19 bits per heavy atom. The van der Waals surface area contributed by atoms with Crippen LogP contribution in [0, 0.1) is 0 Å². The van der Waals surface area contributed by atoms with Crippen LogP contribution in [0.1, 0.15) is 12.1 Å². The summed E-state index contributed by atoms with van der Waals surface area (Å²) in [7, 11) is 2.67. The minimum Gasteiger partial charge on any atom is -0.542 e. The summed E-state index contributed by atoms with van der Waals surface area (Å²) >= 11 is 0.779. The Morgan fingerprint density at radius 2 is 1.72 bits per heavy atom. The van der Waals surface area contributed by atoms with Gasteiger partial charge in [0.1, 0.15) is 10.2 Å². The molecule has 2 aromatic rings. The number of halogens is 6. The number of carbonyl (C=O) groups is 2. The third kappa shape index (κ3) is 9.75. The summed E-state index contributed by atoms with van der Waals surface area (Å²) in [6.45, 7) is 0.237. The van der Waals surface area contributed by atoms with E-state index in [1.807, 2.05) is 0 Å². The summed E-state index contributed by atoms with van der Waals surface area (Å²) in [5, 5.41) is 21.3. The van der Waals surface area contributed by atoms with Crippen molar-refractivity contribution >= 4 is 33.3 Å². The zero-order chi connectivity index (χ0) is 28.3. The Balaban J connectivity index is 0.000000809. The Labute approximate surface area is 205 Å². The Bertz CT molecular complexity index is 1180. The van der Waals surface area contributed by atoms with Crippen LogP contribution in [0.15, 0.2) is 22.4 Å². The van der Waals surface area contributed by atoms with Crippen molar-refractivity contribution in [3.8, 4) is 10.6 Å². The first-order valence-corrected chi connectivity index (χ1v) is 11.9. The average Bonchev–Trinajstić information content (AvgIpc) is 3.25. The van der Waals surface area contributed by atoms with Crippen LogP contribution in [-0.2, 0) is 32.8 Å². The van der Waals surface area contributed by atoms with Gasteiger partial charge in [-0.05, 0) is 18.2 Å². The highest BCUT2D eigenvalue weighted by molar-refractivity contribution is 7.91. The van der Waals surface area contributed by atoms with Gasteiger partial charge in [-0.2, -0.15) is 31.4 Å². The molecule has 0 aliphatic heterocycles. The predicted octanol–water partition coefficient (Wildman–Crippen LogP) is 1.29. The van der Waals surface area contributed by atoms with Gasteiger partial charge in [0.2, 0.25) is 0 Å². The molecule has 2 rings (SSSR count). The molecule has 0 amide bonds. The molecule has 2 N–H and O–H groups in total. The normalized spacial score (nSPS) is 13.6. The van der Waals surface area contributed by atoms with E-state index in [1.165, 1.54) is 19.2 Å². The number of alkyl halides is 6. The molecule has 1 unspecified atom stereocenters. The van der Waals surface area contributed by atoms with Crippen LogP contribution in [0.4, 0.5) is 26.3 Å². The SMILES string of the molecule is Cn1nc(C(F)(F)F)cc1-c1ccc(S(=O)(=O)NC(CC(=O)O)C[N+](C)(C)C)s1.O=C([O-])C(F)(F)F. The molecule has 36 heavy (non-hydrogen) atoms. The van der Waals surface area contributed by atoms with E-state index in [2.05, 4.69) is 9.82 Å². The summed E-state index contributed by atoms with van der Waals surface area (Å²) < 4.78 is 99.1. The van der Waals surface area contributed by atoms with Crippen LogP contribution in [0.2, 0.25) is 0 Å². The van der Waals surface area contributed by atoms with E-state index in [4.69, 9.17) is 15.0 Å². The molecule has 204 valence electrons. The van der Waals surface area contributed by atoms with Gasteiger partial charge in [0, 0.05) is 7.05 Å². The smallest absolute Gasteiger partial charge is 0.435 e. The molecule has 10 nitrogen and oxygen atoms in total. The Hall–Kier alpha value is -2.70. The zero-order valence-electron chi connectivity index (χ0n) is 19.1. The molecule has 0 bridgehead atoms. The first-order chi connectivity index (χ1) is 16.0. The van der Waals surface area contributed by atoms with Gasteiger partial charge in [-0.1, -0.05) is 0 Å². The average molecular weight is 569 g/mol. The number of sulfonamides is 1. The van der Waals surface area contributed by atoms with Crippen LogP contribution < -0.4 is 9.83 Å². The number of thiophene rings is 1. The van der Waals surface area contributed by atoms with Crippen molar-refractivity contribution in [2.24, 2.45) is 7.05 Å². The van der Waals surface area contributed by atoms with Crippen molar-refractivity contribution in [3.63, 3.8) is 0 Å². The second-order valence-corrected chi connectivity index (χ2v) is 11.4. The number of aliphatic carboxylic acids is 2. The number of hydrogen-bond donors (Lipinski definition) is 2. The summed E-state index contributed by atoms with van der Waals surface area (Å²) in [6, 6.07) is 2.66. The molecule has 0 saturated heterocycles. The highest BCUT2D eigenvalue weighted by Crippen LogP contribution is 2.35. The molecule has 0 aliphatic carbocycles. The molecule has 0 aromatic carbocycles. The van der Waals surface area contributed by atoms with Crippen LogP contribution in [0.5, 0.6) is 0 Å². The third-order valence-corrected chi connectivity index (χ3v) is 7.13. The van der Waals surface area contributed by atoms with E-state index < -0.39 is 52.5 Å². The van der Waals surface area contributed by atoms with Gasteiger partial charge < -0.3 is 19.5 Å². The fourth-order valence-corrected chi connectivity index (χ4v) is 5.33. The van der Waals surface area contributed by atoms with Gasteiger partial charge in [0.25, 0.3) is 10.0 Å². The summed E-state index contributed by atoms with van der Waals surface area (Å²) in [4.78, 5) is 20.2. The largest absolute Gasteiger partial charge is 0.542 e. The highest BCUT2D eigenvalue weighted by atomic mass is 32.2. The van der Waals surface area contributed by atoms with Crippen LogP contribution >= 0.6 is 11.3 Å². The predicted molar refractivity (Wildman–Crippen MR) is 112 cm³/mol. The number of aryl methyl sites for hydroxylation is 1. The molecule has 0 saturated carbocycles. The topological polar surface area (TPSA) is 141 Å². The summed E-state index contributed by atoms with van der Waals surface area (Å²) in [5.41, 5.74) is -0.951. The van der Waals surface area contributed by atoms with Crippen LogP contribution in [0.3, 0.4) is 0 Å². The number of nitrogens with zero attached hydrogens (tertiary/aromatic N) is 3. The molecule has 0 fully saturated rings. The number of carbonyl (C=O) groups excluding carboxylic acids is 1. The molecule has 0 radical (unpaired) electrons. The zero-order valence-corrected chi connectivity index (χ0v) is 20.8. The van der Waals surface area contributed by atoms with Gasteiger partial charge in [0.15, 0.2) is 5.69 Å². The number of nitrogens with one attached hydrogen (secondary N) is 1. The Kier molecular flexibility index (Phi) is 9.69. The van der Waals surface area contributed by atoms with Gasteiger partial charge in [-0.25, -0.2) is 13.1 Å². The number of quaternary nitrogens is 1. The summed E-state index contributed by atoms with van der Waals surface area (Å²) in [6.07, 6.45) is -10.2. The van der Waals surface area contributed by atoms with E-state index in [1.54, 1.807) is 21.1 Å².